The molecule has 2 rings (SSSR count). The van der Waals surface area contributed by atoms with Gasteiger partial charge in [-0.1, -0.05) is 0 Å². The molecule has 0 bridgehead atoms. The number of nitrogens with one attached hydrogen (secondary N) is 2. The lowest BCUT2D eigenvalue weighted by Crippen LogP contribution is -2.50. The van der Waals surface area contributed by atoms with E-state index >= 15 is 0 Å². The predicted octanol–water partition coefficient (Wildman–Crippen LogP) is 2.19. The number of carbonyl (C=O) groups is 2. The molecule has 0 aliphatic carbocycles. The monoisotopic (exact) mass is 443 g/mol. The Morgan fingerprint density at radius 2 is 1.97 bits per heavy atom. The summed E-state index contributed by atoms with van der Waals surface area (Å²) in [4.78, 5) is 25.4. The zero-order chi connectivity index (χ0) is 23.2. The topological polar surface area (TPSA) is 100 Å². The van der Waals surface area contributed by atoms with Crippen LogP contribution in [0, 0.1) is 11.6 Å². The van der Waals surface area contributed by atoms with Crippen LogP contribution in [0.3, 0.4) is 0 Å². The summed E-state index contributed by atoms with van der Waals surface area (Å²) < 4.78 is 37.6. The highest BCUT2D eigenvalue weighted by molar-refractivity contribution is 5.69. The second-order valence-corrected chi connectivity index (χ2v) is 8.50. The molecule has 1 heterocycles. The Bertz CT molecular complexity index is 752. The first-order valence-electron chi connectivity index (χ1n) is 10.3. The van der Waals surface area contributed by atoms with Crippen LogP contribution in [-0.2, 0) is 15.9 Å². The number of hydrogen-bond acceptors (Lipinski definition) is 6. The third kappa shape index (κ3) is 8.29. The number of amides is 2. The minimum Gasteiger partial charge on any atom is -0.444 e. The highest BCUT2D eigenvalue weighted by atomic mass is 19.1. The molecule has 0 aromatic heterocycles. The fraction of sp³-hybridized carbons (Fsp3) is 0.619. The first kappa shape index (κ1) is 24.8. The molecule has 1 aromatic rings. The van der Waals surface area contributed by atoms with Gasteiger partial charge < -0.3 is 30.1 Å². The number of cyclic esters (lactones) is 1. The van der Waals surface area contributed by atoms with Crippen LogP contribution in [-0.4, -0.2) is 72.2 Å². The van der Waals surface area contributed by atoms with Crippen LogP contribution in [0.15, 0.2) is 18.2 Å². The van der Waals surface area contributed by atoms with Gasteiger partial charge in [0.25, 0.3) is 0 Å². The number of ether oxygens (including phenoxy) is 2. The molecular formula is C21H31F2N3O5. The van der Waals surface area contributed by atoms with Gasteiger partial charge >= 0.3 is 12.2 Å². The van der Waals surface area contributed by atoms with Gasteiger partial charge in [-0.3, -0.25) is 0 Å². The molecule has 1 unspecified atom stereocenters. The molecule has 8 nitrogen and oxygen atoms in total. The van der Waals surface area contributed by atoms with Crippen molar-refractivity contribution in [3.8, 4) is 0 Å². The molecule has 0 radical (unpaired) electrons. The number of benzene rings is 1. The van der Waals surface area contributed by atoms with E-state index in [0.717, 1.165) is 18.2 Å². The Hall–Kier alpha value is -2.46. The van der Waals surface area contributed by atoms with Gasteiger partial charge in [-0.15, -0.1) is 0 Å². The van der Waals surface area contributed by atoms with Gasteiger partial charge in [-0.2, -0.15) is 0 Å². The molecule has 10 heteroatoms. The van der Waals surface area contributed by atoms with Crippen molar-refractivity contribution in [2.45, 2.75) is 58.0 Å². The molecule has 2 amide bonds. The summed E-state index contributed by atoms with van der Waals surface area (Å²) in [6.45, 7) is 8.30. The van der Waals surface area contributed by atoms with E-state index < -0.39 is 35.5 Å². The molecule has 1 saturated heterocycles. The highest BCUT2D eigenvalue weighted by Gasteiger charge is 2.30. The maximum Gasteiger partial charge on any atom is 0.410 e. The molecule has 174 valence electrons. The summed E-state index contributed by atoms with van der Waals surface area (Å²) >= 11 is 0. The van der Waals surface area contributed by atoms with E-state index in [4.69, 9.17) is 9.47 Å². The molecule has 3 atom stereocenters. The summed E-state index contributed by atoms with van der Waals surface area (Å²) in [5.74, 6) is -1.50. The Morgan fingerprint density at radius 1 is 1.32 bits per heavy atom. The average molecular weight is 443 g/mol. The van der Waals surface area contributed by atoms with Crippen molar-refractivity contribution < 1.29 is 33.0 Å². The summed E-state index contributed by atoms with van der Waals surface area (Å²) in [6.07, 6.45) is -2.60. The summed E-state index contributed by atoms with van der Waals surface area (Å²) in [5, 5.41) is 16.2. The second-order valence-electron chi connectivity index (χ2n) is 8.50. The van der Waals surface area contributed by atoms with Crippen LogP contribution in [0.2, 0.25) is 0 Å². The van der Waals surface area contributed by atoms with Gasteiger partial charge in [0, 0.05) is 25.7 Å². The number of hydrogen-bond donors (Lipinski definition) is 3. The van der Waals surface area contributed by atoms with E-state index in [1.54, 1.807) is 25.7 Å². The standard InChI is InChI=1S/C21H31F2N3O5/c1-5-26-12-16(30-20(26)29)10-24-11-18(27)17(25-19(28)31-21(2,3)4)8-13-6-14(22)9-15(23)7-13/h6-7,9,16-18,24,27H,5,8,10-12H2,1-4H3,(H,25,28)/t16?,17-,18+/m0/s1. The molecule has 3 N–H and O–H groups in total. The second kappa shape index (κ2) is 10.7. The van der Waals surface area contributed by atoms with Gasteiger partial charge in [0.2, 0.25) is 0 Å². The third-order valence-electron chi connectivity index (χ3n) is 4.60. The van der Waals surface area contributed by atoms with Crippen molar-refractivity contribution in [1.82, 2.24) is 15.5 Å². The van der Waals surface area contributed by atoms with E-state index in [1.165, 1.54) is 0 Å². The SMILES string of the molecule is CCN1CC(CNC[C@@H](O)[C@H](Cc2cc(F)cc(F)c2)NC(=O)OC(C)(C)C)OC1=O. The van der Waals surface area contributed by atoms with E-state index in [9.17, 15) is 23.5 Å². The van der Waals surface area contributed by atoms with Crippen LogP contribution in [0.5, 0.6) is 0 Å². The zero-order valence-electron chi connectivity index (χ0n) is 18.3. The fourth-order valence-corrected chi connectivity index (χ4v) is 3.20. The normalized spacial score (nSPS) is 18.5. The van der Waals surface area contributed by atoms with Crippen LogP contribution in [0.4, 0.5) is 18.4 Å². The lowest BCUT2D eigenvalue weighted by atomic mass is 10.0. The Morgan fingerprint density at radius 3 is 2.52 bits per heavy atom. The highest BCUT2D eigenvalue weighted by Crippen LogP contribution is 2.14. The lowest BCUT2D eigenvalue weighted by molar-refractivity contribution is 0.0418. The van der Waals surface area contributed by atoms with Gasteiger partial charge in [-0.05, 0) is 51.8 Å². The fourth-order valence-electron chi connectivity index (χ4n) is 3.20. The maximum absolute atomic E-state index is 13.6. The number of aliphatic hydroxyl groups excluding tert-OH is 1. The van der Waals surface area contributed by atoms with Crippen LogP contribution in [0.1, 0.15) is 33.3 Å². The molecule has 1 aromatic carbocycles. The summed E-state index contributed by atoms with van der Waals surface area (Å²) in [5.41, 5.74) is -0.471. The number of likely N-dealkylation sites (N-methyl/N-ethyl adjacent to an activating group) is 1. The number of nitrogens with zero attached hydrogens (tertiary/aromatic N) is 1. The molecule has 31 heavy (non-hydrogen) atoms. The van der Waals surface area contributed by atoms with Crippen molar-refractivity contribution in [3.05, 3.63) is 35.4 Å². The van der Waals surface area contributed by atoms with Crippen LogP contribution in [0.25, 0.3) is 0 Å². The maximum atomic E-state index is 13.6. The van der Waals surface area contributed by atoms with Crippen LogP contribution >= 0.6 is 0 Å². The first-order chi connectivity index (χ1) is 14.5. The van der Waals surface area contributed by atoms with Crippen molar-refractivity contribution in [2.24, 2.45) is 0 Å². The largest absolute Gasteiger partial charge is 0.444 e. The number of rotatable bonds is 9. The molecule has 0 saturated carbocycles. The van der Waals surface area contributed by atoms with Crippen molar-refractivity contribution in [2.75, 3.05) is 26.2 Å². The van der Waals surface area contributed by atoms with Crippen molar-refractivity contribution in [3.63, 3.8) is 0 Å². The first-order valence-corrected chi connectivity index (χ1v) is 10.3. The third-order valence-corrected chi connectivity index (χ3v) is 4.60. The Labute approximate surface area is 180 Å². The smallest absolute Gasteiger partial charge is 0.410 e. The van der Waals surface area contributed by atoms with E-state index in [2.05, 4.69) is 10.6 Å². The predicted molar refractivity (Wildman–Crippen MR) is 110 cm³/mol. The number of halogens is 2. The number of aliphatic hydroxyl groups is 1. The van der Waals surface area contributed by atoms with Crippen molar-refractivity contribution >= 4 is 12.2 Å². The molecule has 1 aliphatic heterocycles. The summed E-state index contributed by atoms with van der Waals surface area (Å²) in [7, 11) is 0. The molecular weight excluding hydrogens is 412 g/mol. The molecule has 1 aliphatic rings. The van der Waals surface area contributed by atoms with Crippen LogP contribution < -0.4 is 10.6 Å². The minimum atomic E-state index is -1.10. The molecule has 0 spiro atoms. The number of alkyl carbamates (subject to hydrolysis) is 1. The van der Waals surface area contributed by atoms with Gasteiger partial charge in [0.1, 0.15) is 23.3 Å². The average Bonchev–Trinajstić information content (AvgIpc) is 2.98. The quantitative estimate of drug-likeness (QED) is 0.541. The van der Waals surface area contributed by atoms with Gasteiger partial charge in [0.15, 0.2) is 0 Å². The zero-order valence-corrected chi connectivity index (χ0v) is 18.3. The number of carbonyl (C=O) groups excluding carboxylic acids is 2. The van der Waals surface area contributed by atoms with Gasteiger partial charge in [-0.25, -0.2) is 18.4 Å². The van der Waals surface area contributed by atoms with E-state index in [0.29, 0.717) is 19.6 Å². The Balaban J connectivity index is 1.98. The minimum absolute atomic E-state index is 0.0151. The van der Waals surface area contributed by atoms with Gasteiger partial charge in [0.05, 0.1) is 18.7 Å². The Kier molecular flexibility index (Phi) is 8.58. The summed E-state index contributed by atoms with van der Waals surface area (Å²) in [6, 6.07) is 2.16. The lowest BCUT2D eigenvalue weighted by Gasteiger charge is -2.27. The molecule has 1 fully saturated rings. The van der Waals surface area contributed by atoms with Crippen molar-refractivity contribution in [1.29, 1.82) is 0 Å². The van der Waals surface area contributed by atoms with E-state index in [1.807, 2.05) is 6.92 Å². The van der Waals surface area contributed by atoms with E-state index in [-0.39, 0.29) is 30.7 Å².